The molecule has 1 aromatic rings. The summed E-state index contributed by atoms with van der Waals surface area (Å²) < 4.78 is 0. The quantitative estimate of drug-likeness (QED) is 0.838. The largest absolute Gasteiger partial charge is 0.323 e. The Kier molecular flexibility index (Phi) is 6.85. The van der Waals surface area contributed by atoms with E-state index in [-0.39, 0.29) is 11.5 Å². The van der Waals surface area contributed by atoms with Crippen LogP contribution < -0.4 is 5.73 Å². The van der Waals surface area contributed by atoms with Gasteiger partial charge in [0, 0.05) is 12.6 Å². The summed E-state index contributed by atoms with van der Waals surface area (Å²) in [6.07, 6.45) is 1.18. The molecule has 3 nitrogen and oxygen atoms in total. The molecule has 0 radical (unpaired) electrons. The molecule has 0 aliphatic carbocycles. The summed E-state index contributed by atoms with van der Waals surface area (Å²) in [6, 6.07) is 8.86. The molecule has 2 N–H and O–H groups in total. The zero-order valence-corrected chi connectivity index (χ0v) is 14.7. The van der Waals surface area contributed by atoms with Crippen molar-refractivity contribution in [1.82, 2.24) is 9.80 Å². The first-order valence-electron chi connectivity index (χ1n) is 7.89. The summed E-state index contributed by atoms with van der Waals surface area (Å²) in [6.45, 7) is 9.83. The third kappa shape index (κ3) is 6.60. The normalized spacial score (nSPS) is 14.0. The van der Waals surface area contributed by atoms with Crippen LogP contribution in [0.1, 0.15) is 44.4 Å². The molecule has 0 fully saturated rings. The number of nitrogens with two attached hydrogens (primary N) is 1. The van der Waals surface area contributed by atoms with E-state index in [9.17, 15) is 0 Å². The Bertz CT molecular complexity index is 403. The minimum absolute atomic E-state index is 0.0865. The topological polar surface area (TPSA) is 32.5 Å². The van der Waals surface area contributed by atoms with Gasteiger partial charge in [-0.15, -0.1) is 0 Å². The van der Waals surface area contributed by atoms with Crippen molar-refractivity contribution in [2.45, 2.75) is 38.6 Å². The van der Waals surface area contributed by atoms with Crippen LogP contribution in [0.3, 0.4) is 0 Å². The van der Waals surface area contributed by atoms with Gasteiger partial charge < -0.3 is 15.5 Å². The van der Waals surface area contributed by atoms with Crippen molar-refractivity contribution in [1.29, 1.82) is 0 Å². The molecule has 1 atom stereocenters. The third-order valence-electron chi connectivity index (χ3n) is 3.86. The lowest BCUT2D eigenvalue weighted by molar-refractivity contribution is 0.286. The number of benzene rings is 1. The second-order valence-corrected chi connectivity index (χ2v) is 7.40. The molecule has 0 saturated carbocycles. The van der Waals surface area contributed by atoms with Gasteiger partial charge in [0.15, 0.2) is 0 Å². The number of nitrogens with zero attached hydrogens (tertiary/aromatic N) is 2. The molecule has 120 valence electrons. The monoisotopic (exact) mass is 291 g/mol. The lowest BCUT2D eigenvalue weighted by Gasteiger charge is -2.23. The molecule has 0 aliphatic heterocycles. The van der Waals surface area contributed by atoms with Gasteiger partial charge in [0.2, 0.25) is 0 Å². The minimum atomic E-state index is 0.0865. The number of likely N-dealkylation sites (N-methyl/N-ethyl adjacent to an activating group) is 1. The first kappa shape index (κ1) is 18.1. The highest BCUT2D eigenvalue weighted by molar-refractivity contribution is 5.29. The Hall–Kier alpha value is -0.900. The average Bonchev–Trinajstić information content (AvgIpc) is 2.37. The third-order valence-corrected chi connectivity index (χ3v) is 3.86. The van der Waals surface area contributed by atoms with Gasteiger partial charge in [-0.25, -0.2) is 0 Å². The highest BCUT2D eigenvalue weighted by Crippen LogP contribution is 2.23. The maximum Gasteiger partial charge on any atom is 0.0424 e. The minimum Gasteiger partial charge on any atom is -0.323 e. The molecule has 0 saturated heterocycles. The Labute approximate surface area is 131 Å². The van der Waals surface area contributed by atoms with Crippen LogP contribution in [0.15, 0.2) is 24.3 Å². The Morgan fingerprint density at radius 1 is 1.00 bits per heavy atom. The number of hydrogen-bond donors (Lipinski definition) is 1. The standard InChI is InChI=1S/C18H33N3/c1-18(2,3)16-10-8-15(9-11-16)17(19)14-21(6)13-7-12-20(4)5/h8-11,17H,7,12-14,19H2,1-6H3. The van der Waals surface area contributed by atoms with Gasteiger partial charge in [-0.1, -0.05) is 45.0 Å². The first-order valence-corrected chi connectivity index (χ1v) is 7.89. The van der Waals surface area contributed by atoms with E-state index in [4.69, 9.17) is 5.73 Å². The van der Waals surface area contributed by atoms with Gasteiger partial charge in [-0.05, 0) is 57.2 Å². The second kappa shape index (κ2) is 7.92. The fourth-order valence-electron chi connectivity index (χ4n) is 2.42. The summed E-state index contributed by atoms with van der Waals surface area (Å²) in [4.78, 5) is 4.55. The Morgan fingerprint density at radius 2 is 1.57 bits per heavy atom. The summed E-state index contributed by atoms with van der Waals surface area (Å²) in [7, 11) is 6.38. The zero-order chi connectivity index (χ0) is 16.0. The number of rotatable bonds is 7. The van der Waals surface area contributed by atoms with E-state index in [1.807, 2.05) is 0 Å². The van der Waals surface area contributed by atoms with Gasteiger partial charge in [0.05, 0.1) is 0 Å². The van der Waals surface area contributed by atoms with Crippen LogP contribution in [0, 0.1) is 0 Å². The predicted octanol–water partition coefficient (Wildman–Crippen LogP) is 2.87. The van der Waals surface area contributed by atoms with Crippen molar-refractivity contribution >= 4 is 0 Å². The van der Waals surface area contributed by atoms with E-state index in [1.165, 1.54) is 17.5 Å². The summed E-state index contributed by atoms with van der Waals surface area (Å²) in [5.41, 5.74) is 9.12. The van der Waals surface area contributed by atoms with E-state index in [0.717, 1.165) is 19.6 Å². The highest BCUT2D eigenvalue weighted by atomic mass is 15.1. The van der Waals surface area contributed by atoms with Crippen molar-refractivity contribution in [3.8, 4) is 0 Å². The zero-order valence-electron chi connectivity index (χ0n) is 14.7. The van der Waals surface area contributed by atoms with Crippen molar-refractivity contribution in [2.75, 3.05) is 40.8 Å². The van der Waals surface area contributed by atoms with Crippen LogP contribution >= 0.6 is 0 Å². The van der Waals surface area contributed by atoms with Gasteiger partial charge in [0.25, 0.3) is 0 Å². The predicted molar refractivity (Wildman–Crippen MR) is 92.7 cm³/mol. The van der Waals surface area contributed by atoms with Crippen molar-refractivity contribution < 1.29 is 0 Å². The molecule has 0 spiro atoms. The van der Waals surface area contributed by atoms with Gasteiger partial charge in [-0.2, -0.15) is 0 Å². The van der Waals surface area contributed by atoms with Crippen LogP contribution in [0.5, 0.6) is 0 Å². The molecule has 0 bridgehead atoms. The summed E-state index contributed by atoms with van der Waals surface area (Å²) in [5, 5.41) is 0. The average molecular weight is 291 g/mol. The number of hydrogen-bond acceptors (Lipinski definition) is 3. The smallest absolute Gasteiger partial charge is 0.0424 e. The molecule has 0 aliphatic rings. The molecule has 1 rings (SSSR count). The molecule has 21 heavy (non-hydrogen) atoms. The second-order valence-electron chi connectivity index (χ2n) is 7.40. The van der Waals surface area contributed by atoms with Crippen molar-refractivity contribution in [3.63, 3.8) is 0 Å². The van der Waals surface area contributed by atoms with E-state index >= 15 is 0 Å². The summed E-state index contributed by atoms with van der Waals surface area (Å²) >= 11 is 0. The van der Waals surface area contributed by atoms with Crippen molar-refractivity contribution in [2.24, 2.45) is 5.73 Å². The van der Waals surface area contributed by atoms with Crippen LogP contribution in [0.2, 0.25) is 0 Å². The SMILES string of the molecule is CN(C)CCCN(C)CC(N)c1ccc(C(C)(C)C)cc1. The lowest BCUT2D eigenvalue weighted by atomic mass is 9.86. The van der Waals surface area contributed by atoms with Gasteiger partial charge in [-0.3, -0.25) is 0 Å². The van der Waals surface area contributed by atoms with Crippen molar-refractivity contribution in [3.05, 3.63) is 35.4 Å². The fraction of sp³-hybridized carbons (Fsp3) is 0.667. The Morgan fingerprint density at radius 3 is 2.05 bits per heavy atom. The molecular weight excluding hydrogens is 258 g/mol. The van der Waals surface area contributed by atoms with Crippen LogP contribution in [0.25, 0.3) is 0 Å². The van der Waals surface area contributed by atoms with E-state index in [0.29, 0.717) is 0 Å². The van der Waals surface area contributed by atoms with E-state index in [2.05, 4.69) is 76.0 Å². The fourth-order valence-corrected chi connectivity index (χ4v) is 2.42. The molecule has 0 aromatic heterocycles. The van der Waals surface area contributed by atoms with Crippen LogP contribution in [-0.2, 0) is 5.41 Å². The molecule has 1 unspecified atom stereocenters. The van der Waals surface area contributed by atoms with Gasteiger partial charge >= 0.3 is 0 Å². The Balaban J connectivity index is 2.49. The lowest BCUT2D eigenvalue weighted by Crippen LogP contribution is -2.31. The molecule has 0 heterocycles. The molecule has 3 heteroatoms. The van der Waals surface area contributed by atoms with Crippen LogP contribution in [-0.4, -0.2) is 50.6 Å². The van der Waals surface area contributed by atoms with E-state index < -0.39 is 0 Å². The molecule has 1 aromatic carbocycles. The first-order chi connectivity index (χ1) is 9.70. The summed E-state index contributed by atoms with van der Waals surface area (Å²) in [5.74, 6) is 0. The van der Waals surface area contributed by atoms with Gasteiger partial charge in [0.1, 0.15) is 0 Å². The molecule has 0 amide bonds. The maximum atomic E-state index is 6.33. The van der Waals surface area contributed by atoms with Crippen LogP contribution in [0.4, 0.5) is 0 Å². The highest BCUT2D eigenvalue weighted by Gasteiger charge is 2.14. The maximum absolute atomic E-state index is 6.33. The molecular formula is C18H33N3. The van der Waals surface area contributed by atoms with E-state index in [1.54, 1.807) is 0 Å².